The van der Waals surface area contributed by atoms with Crippen molar-refractivity contribution >= 4 is 10.8 Å². The quantitative estimate of drug-likeness (QED) is 0.446. The van der Waals surface area contributed by atoms with E-state index in [1.165, 1.54) is 31.1 Å². The van der Waals surface area contributed by atoms with E-state index in [9.17, 15) is 5.11 Å². The molecule has 0 bridgehead atoms. The lowest BCUT2D eigenvalue weighted by molar-refractivity contribution is -0.245. The van der Waals surface area contributed by atoms with Crippen LogP contribution >= 0.6 is 0 Å². The predicted octanol–water partition coefficient (Wildman–Crippen LogP) is 3.47. The van der Waals surface area contributed by atoms with Gasteiger partial charge >= 0.3 is 0 Å². The van der Waals surface area contributed by atoms with Gasteiger partial charge in [-0.15, -0.1) is 0 Å². The molecule has 0 saturated carbocycles. The minimum Gasteiger partial charge on any atom is -0.394 e. The van der Waals surface area contributed by atoms with Crippen molar-refractivity contribution in [2.24, 2.45) is 11.5 Å². The van der Waals surface area contributed by atoms with E-state index in [0.29, 0.717) is 13.2 Å². The molecule has 2 aromatic carbocycles. The molecule has 0 amide bonds. The van der Waals surface area contributed by atoms with Crippen LogP contribution in [0.25, 0.3) is 10.8 Å². The molecule has 0 aliphatic carbocycles. The molecule has 172 valence electrons. The van der Waals surface area contributed by atoms with Crippen molar-refractivity contribution < 1.29 is 19.3 Å². The minimum atomic E-state index is -0.630. The SMILES string of the molecule is CCCCCCCCO[C@@H]1O[C@H](CO)[C@H](N)[C@H](OCc2ccc3ccccc3c2)[C@H]1N. The van der Waals surface area contributed by atoms with Gasteiger partial charge < -0.3 is 30.8 Å². The largest absolute Gasteiger partial charge is 0.394 e. The number of aliphatic hydroxyl groups excluding tert-OH is 1. The van der Waals surface area contributed by atoms with Crippen LogP contribution in [-0.4, -0.2) is 48.9 Å². The normalized spacial score (nSPS) is 26.4. The minimum absolute atomic E-state index is 0.194. The fourth-order valence-corrected chi connectivity index (χ4v) is 4.12. The van der Waals surface area contributed by atoms with Crippen molar-refractivity contribution in [1.82, 2.24) is 0 Å². The van der Waals surface area contributed by atoms with Crippen LogP contribution in [0.5, 0.6) is 0 Å². The van der Waals surface area contributed by atoms with Crippen LogP contribution in [0, 0.1) is 0 Å². The molecule has 5 atom stereocenters. The first-order chi connectivity index (χ1) is 15.1. The number of nitrogens with two attached hydrogens (primary N) is 2. The maximum Gasteiger partial charge on any atom is 0.175 e. The summed E-state index contributed by atoms with van der Waals surface area (Å²) in [6.07, 6.45) is 5.45. The van der Waals surface area contributed by atoms with E-state index in [1.54, 1.807) is 0 Å². The first kappa shape index (κ1) is 24.1. The van der Waals surface area contributed by atoms with Crippen LogP contribution in [0.4, 0.5) is 0 Å². The number of rotatable bonds is 12. The zero-order valence-electron chi connectivity index (χ0n) is 18.6. The Labute approximate surface area is 185 Å². The lowest BCUT2D eigenvalue weighted by atomic mass is 9.95. The fourth-order valence-electron chi connectivity index (χ4n) is 4.12. The van der Waals surface area contributed by atoms with Gasteiger partial charge in [-0.05, 0) is 28.8 Å². The van der Waals surface area contributed by atoms with Crippen LogP contribution in [0.15, 0.2) is 42.5 Å². The second-order valence-electron chi connectivity index (χ2n) is 8.48. The summed E-state index contributed by atoms with van der Waals surface area (Å²) < 4.78 is 17.9. The Balaban J connectivity index is 1.54. The van der Waals surface area contributed by atoms with Gasteiger partial charge in [0.25, 0.3) is 0 Å². The average Bonchev–Trinajstić information content (AvgIpc) is 2.79. The van der Waals surface area contributed by atoms with Crippen molar-refractivity contribution in [2.75, 3.05) is 13.2 Å². The van der Waals surface area contributed by atoms with Crippen LogP contribution in [0.3, 0.4) is 0 Å². The summed E-state index contributed by atoms with van der Waals surface area (Å²) in [5, 5.41) is 12.1. The Bertz CT molecular complexity index is 787. The molecular formula is C25H38N2O4. The van der Waals surface area contributed by atoms with Gasteiger partial charge in [0.15, 0.2) is 6.29 Å². The van der Waals surface area contributed by atoms with Gasteiger partial charge in [0.05, 0.1) is 31.4 Å². The molecule has 2 aromatic rings. The number of aliphatic hydroxyl groups is 1. The number of ether oxygens (including phenoxy) is 3. The van der Waals surface area contributed by atoms with Gasteiger partial charge in [-0.2, -0.15) is 0 Å². The first-order valence-electron chi connectivity index (χ1n) is 11.6. The zero-order chi connectivity index (χ0) is 22.1. The average molecular weight is 431 g/mol. The third-order valence-corrected chi connectivity index (χ3v) is 6.03. The van der Waals surface area contributed by atoms with Crippen LogP contribution in [-0.2, 0) is 20.8 Å². The van der Waals surface area contributed by atoms with Gasteiger partial charge in [0.1, 0.15) is 6.10 Å². The van der Waals surface area contributed by atoms with E-state index in [1.807, 2.05) is 12.1 Å². The molecule has 1 aliphatic rings. The van der Waals surface area contributed by atoms with Gasteiger partial charge in [-0.3, -0.25) is 0 Å². The van der Waals surface area contributed by atoms with Crippen molar-refractivity contribution in [3.05, 3.63) is 48.0 Å². The van der Waals surface area contributed by atoms with Gasteiger partial charge in [0, 0.05) is 6.61 Å². The molecule has 0 spiro atoms. The zero-order valence-corrected chi connectivity index (χ0v) is 18.6. The molecule has 1 heterocycles. The van der Waals surface area contributed by atoms with Crippen molar-refractivity contribution in [3.8, 4) is 0 Å². The van der Waals surface area contributed by atoms with E-state index >= 15 is 0 Å². The highest BCUT2D eigenvalue weighted by Crippen LogP contribution is 2.24. The summed E-state index contributed by atoms with van der Waals surface area (Å²) in [7, 11) is 0. The second-order valence-corrected chi connectivity index (χ2v) is 8.48. The lowest BCUT2D eigenvalue weighted by Crippen LogP contribution is -2.66. The number of hydrogen-bond donors (Lipinski definition) is 3. The van der Waals surface area contributed by atoms with E-state index in [0.717, 1.165) is 23.8 Å². The van der Waals surface area contributed by atoms with E-state index in [-0.39, 0.29) is 6.61 Å². The van der Waals surface area contributed by atoms with Crippen molar-refractivity contribution in [1.29, 1.82) is 0 Å². The first-order valence-corrected chi connectivity index (χ1v) is 11.6. The van der Waals surface area contributed by atoms with Gasteiger partial charge in [-0.1, -0.05) is 75.4 Å². The molecule has 0 unspecified atom stereocenters. The molecule has 0 aromatic heterocycles. The Hall–Kier alpha value is -1.54. The highest BCUT2D eigenvalue weighted by Gasteiger charge is 2.43. The lowest BCUT2D eigenvalue weighted by Gasteiger charge is -2.43. The molecule has 31 heavy (non-hydrogen) atoms. The summed E-state index contributed by atoms with van der Waals surface area (Å²) in [4.78, 5) is 0. The number of hydrogen-bond acceptors (Lipinski definition) is 6. The fraction of sp³-hybridized carbons (Fsp3) is 0.600. The number of unbranched alkanes of at least 4 members (excludes halogenated alkanes) is 5. The summed E-state index contributed by atoms with van der Waals surface area (Å²) in [6.45, 7) is 2.99. The molecule has 5 N–H and O–H groups in total. The molecule has 3 rings (SSSR count). The molecule has 1 fully saturated rings. The maximum atomic E-state index is 9.72. The second kappa shape index (κ2) is 12.5. The van der Waals surface area contributed by atoms with Crippen molar-refractivity contribution in [3.63, 3.8) is 0 Å². The van der Waals surface area contributed by atoms with Crippen LogP contribution in [0.1, 0.15) is 51.0 Å². The Morgan fingerprint density at radius 2 is 1.65 bits per heavy atom. The van der Waals surface area contributed by atoms with Gasteiger partial charge in [0.2, 0.25) is 0 Å². The summed E-state index contributed by atoms with van der Waals surface area (Å²) >= 11 is 0. The predicted molar refractivity (Wildman–Crippen MR) is 124 cm³/mol. The number of benzene rings is 2. The van der Waals surface area contributed by atoms with E-state index in [4.69, 9.17) is 25.7 Å². The van der Waals surface area contributed by atoms with E-state index in [2.05, 4.69) is 37.3 Å². The van der Waals surface area contributed by atoms with Crippen LogP contribution in [0.2, 0.25) is 0 Å². The smallest absolute Gasteiger partial charge is 0.175 e. The van der Waals surface area contributed by atoms with E-state index < -0.39 is 30.6 Å². The van der Waals surface area contributed by atoms with Crippen LogP contribution < -0.4 is 11.5 Å². The highest BCUT2D eigenvalue weighted by molar-refractivity contribution is 5.82. The van der Waals surface area contributed by atoms with Gasteiger partial charge in [-0.25, -0.2) is 0 Å². The third-order valence-electron chi connectivity index (χ3n) is 6.03. The summed E-state index contributed by atoms with van der Waals surface area (Å²) in [6, 6.07) is 13.4. The molecular weight excluding hydrogens is 392 g/mol. The topological polar surface area (TPSA) is 100.0 Å². The molecule has 1 aliphatic heterocycles. The monoisotopic (exact) mass is 430 g/mol. The summed E-state index contributed by atoms with van der Waals surface area (Å²) in [5.41, 5.74) is 13.8. The standard InChI is InChI=1S/C25H38N2O4/c1-2-3-4-5-6-9-14-29-25-23(27)24(22(26)21(16-28)31-25)30-17-18-12-13-19-10-7-8-11-20(19)15-18/h7-8,10-13,15,21-25,28H,2-6,9,14,16-17,26-27H2,1H3/t21-,22+,23-,24+,25-/m1/s1. The molecule has 6 nitrogen and oxygen atoms in total. The highest BCUT2D eigenvalue weighted by atomic mass is 16.7. The molecule has 1 saturated heterocycles. The summed E-state index contributed by atoms with van der Waals surface area (Å²) in [5.74, 6) is 0. The molecule has 6 heteroatoms. The Morgan fingerprint density at radius 1 is 0.903 bits per heavy atom. The molecule has 0 radical (unpaired) electrons. The van der Waals surface area contributed by atoms with Crippen molar-refractivity contribution in [2.45, 2.75) is 82.6 Å². The third kappa shape index (κ3) is 6.72. The maximum absolute atomic E-state index is 9.72. The Kier molecular flexibility index (Phi) is 9.71. The number of fused-ring (bicyclic) bond motifs is 1. The Morgan fingerprint density at radius 3 is 2.42 bits per heavy atom.